The number of amides is 1. The summed E-state index contributed by atoms with van der Waals surface area (Å²) in [6.07, 6.45) is 1.93. The van der Waals surface area contributed by atoms with Gasteiger partial charge in [-0.2, -0.15) is 0 Å². The molecule has 0 atom stereocenters. The number of carbonyl (C=O) groups excluding carboxylic acids is 1. The van der Waals surface area contributed by atoms with Crippen LogP contribution >= 0.6 is 0 Å². The van der Waals surface area contributed by atoms with Gasteiger partial charge in [0.25, 0.3) is 5.91 Å². The zero-order valence-electron chi connectivity index (χ0n) is 10.3. The zero-order chi connectivity index (χ0) is 13.0. The molecule has 2 N–H and O–H groups in total. The van der Waals surface area contributed by atoms with Crippen LogP contribution in [0.1, 0.15) is 10.5 Å². The van der Waals surface area contributed by atoms with E-state index in [1.807, 2.05) is 47.2 Å². The number of benzene rings is 1. The van der Waals surface area contributed by atoms with Gasteiger partial charge in [-0.15, -0.1) is 0 Å². The van der Waals surface area contributed by atoms with Crippen molar-refractivity contribution in [1.29, 1.82) is 0 Å². The lowest BCUT2D eigenvalue weighted by molar-refractivity contribution is 0.0988. The lowest BCUT2D eigenvalue weighted by Gasteiger charge is -2.04. The molecule has 1 aromatic carbocycles. The summed E-state index contributed by atoms with van der Waals surface area (Å²) in [6, 6.07) is 11.7. The van der Waals surface area contributed by atoms with Crippen LogP contribution in [0.15, 0.2) is 42.6 Å². The Morgan fingerprint density at radius 3 is 2.61 bits per heavy atom. The van der Waals surface area contributed by atoms with Gasteiger partial charge in [-0.1, -0.05) is 30.3 Å². The second kappa shape index (κ2) is 5.51. The smallest absolute Gasteiger partial charge is 0.265 e. The molecule has 4 nitrogen and oxygen atoms in total. The Morgan fingerprint density at radius 2 is 2.00 bits per heavy atom. The van der Waals surface area contributed by atoms with Crippen LogP contribution in [-0.4, -0.2) is 24.2 Å². The highest BCUT2D eigenvalue weighted by Crippen LogP contribution is 2.21. The highest BCUT2D eigenvalue weighted by molar-refractivity contribution is 5.93. The minimum absolute atomic E-state index is 0.423. The van der Waals surface area contributed by atoms with E-state index >= 15 is 0 Å². The largest absolute Gasteiger partial charge is 0.383 e. The number of ether oxygens (including phenoxy) is 1. The molecule has 0 aliphatic rings. The third-order valence-electron chi connectivity index (χ3n) is 2.79. The van der Waals surface area contributed by atoms with Crippen LogP contribution in [0.3, 0.4) is 0 Å². The van der Waals surface area contributed by atoms with Crippen molar-refractivity contribution in [1.82, 2.24) is 4.57 Å². The van der Waals surface area contributed by atoms with E-state index in [1.165, 1.54) is 0 Å². The van der Waals surface area contributed by atoms with Crippen LogP contribution in [-0.2, 0) is 11.3 Å². The van der Waals surface area contributed by atoms with E-state index in [1.54, 1.807) is 7.11 Å². The third kappa shape index (κ3) is 2.60. The van der Waals surface area contributed by atoms with Gasteiger partial charge in [0.05, 0.1) is 6.61 Å². The Balaban J connectivity index is 2.36. The molecule has 0 radical (unpaired) electrons. The maximum atomic E-state index is 11.4. The van der Waals surface area contributed by atoms with Crippen molar-refractivity contribution in [2.75, 3.05) is 13.7 Å². The van der Waals surface area contributed by atoms with Crippen molar-refractivity contribution in [3.05, 3.63) is 48.3 Å². The van der Waals surface area contributed by atoms with Gasteiger partial charge in [0.2, 0.25) is 0 Å². The number of primary amides is 1. The normalized spacial score (nSPS) is 10.5. The molecule has 0 spiro atoms. The number of rotatable bonds is 5. The molecule has 2 rings (SSSR count). The van der Waals surface area contributed by atoms with Gasteiger partial charge in [0.15, 0.2) is 0 Å². The summed E-state index contributed by atoms with van der Waals surface area (Å²) in [5.41, 5.74) is 7.94. The molecule has 0 unspecified atom stereocenters. The highest BCUT2D eigenvalue weighted by atomic mass is 16.5. The van der Waals surface area contributed by atoms with Crippen LogP contribution in [0.4, 0.5) is 0 Å². The Labute approximate surface area is 106 Å². The number of nitrogens with two attached hydrogens (primary N) is 1. The predicted octanol–water partition coefficient (Wildman–Crippen LogP) is 1.90. The summed E-state index contributed by atoms with van der Waals surface area (Å²) >= 11 is 0. The molecular weight excluding hydrogens is 228 g/mol. The number of hydrogen-bond donors (Lipinski definition) is 1. The van der Waals surface area contributed by atoms with E-state index in [9.17, 15) is 4.79 Å². The van der Waals surface area contributed by atoms with Gasteiger partial charge in [-0.25, -0.2) is 0 Å². The van der Waals surface area contributed by atoms with Crippen LogP contribution in [0, 0.1) is 0 Å². The molecule has 1 heterocycles. The summed E-state index contributed by atoms with van der Waals surface area (Å²) in [5.74, 6) is -0.423. The average molecular weight is 244 g/mol. The average Bonchev–Trinajstić information content (AvgIpc) is 2.81. The molecule has 0 aliphatic carbocycles. The number of hydrogen-bond acceptors (Lipinski definition) is 2. The summed E-state index contributed by atoms with van der Waals surface area (Å²) in [7, 11) is 1.63. The van der Waals surface area contributed by atoms with E-state index in [2.05, 4.69) is 0 Å². The van der Waals surface area contributed by atoms with Crippen molar-refractivity contribution in [3.8, 4) is 11.1 Å². The Kier molecular flexibility index (Phi) is 3.79. The Morgan fingerprint density at radius 1 is 1.28 bits per heavy atom. The van der Waals surface area contributed by atoms with Crippen molar-refractivity contribution in [3.63, 3.8) is 0 Å². The van der Waals surface area contributed by atoms with Crippen molar-refractivity contribution in [2.45, 2.75) is 6.54 Å². The topological polar surface area (TPSA) is 57.2 Å². The number of carbonyl (C=O) groups is 1. The summed E-state index contributed by atoms with van der Waals surface area (Å²) in [4.78, 5) is 11.4. The third-order valence-corrected chi connectivity index (χ3v) is 2.79. The van der Waals surface area contributed by atoms with E-state index in [0.29, 0.717) is 18.8 Å². The van der Waals surface area contributed by atoms with Crippen LogP contribution in [0.5, 0.6) is 0 Å². The fourth-order valence-electron chi connectivity index (χ4n) is 1.88. The fraction of sp³-hybridized carbons (Fsp3) is 0.214. The molecule has 0 saturated carbocycles. The van der Waals surface area contributed by atoms with Gasteiger partial charge < -0.3 is 15.0 Å². The van der Waals surface area contributed by atoms with Gasteiger partial charge in [-0.05, 0) is 11.6 Å². The van der Waals surface area contributed by atoms with Crippen molar-refractivity contribution >= 4 is 5.91 Å². The first kappa shape index (κ1) is 12.4. The first-order chi connectivity index (χ1) is 8.72. The molecule has 1 aromatic heterocycles. The molecular formula is C14H16N2O2. The molecule has 94 valence electrons. The van der Waals surface area contributed by atoms with Gasteiger partial charge in [0, 0.05) is 25.4 Å². The first-order valence-electron chi connectivity index (χ1n) is 5.76. The minimum atomic E-state index is -0.423. The molecule has 0 aliphatic heterocycles. The standard InChI is InChI=1S/C14H16N2O2/c1-18-8-7-16-10-12(9-13(16)14(15)17)11-5-3-2-4-6-11/h2-6,9-10H,7-8H2,1H3,(H2,15,17). The van der Waals surface area contributed by atoms with Gasteiger partial charge in [0.1, 0.15) is 5.69 Å². The van der Waals surface area contributed by atoms with Crippen LogP contribution < -0.4 is 5.73 Å². The lowest BCUT2D eigenvalue weighted by Crippen LogP contribution is -2.17. The summed E-state index contributed by atoms with van der Waals surface area (Å²) in [6.45, 7) is 1.16. The first-order valence-corrected chi connectivity index (χ1v) is 5.76. The number of nitrogens with zero attached hydrogens (tertiary/aromatic N) is 1. The zero-order valence-corrected chi connectivity index (χ0v) is 10.3. The monoisotopic (exact) mass is 244 g/mol. The Hall–Kier alpha value is -2.07. The molecule has 0 saturated heterocycles. The maximum absolute atomic E-state index is 11.4. The maximum Gasteiger partial charge on any atom is 0.265 e. The van der Waals surface area contributed by atoms with Crippen molar-refractivity contribution < 1.29 is 9.53 Å². The number of methoxy groups -OCH3 is 1. The molecule has 1 amide bonds. The molecule has 18 heavy (non-hydrogen) atoms. The van der Waals surface area contributed by atoms with Gasteiger partial charge in [-0.3, -0.25) is 4.79 Å². The van der Waals surface area contributed by atoms with E-state index in [-0.39, 0.29) is 0 Å². The van der Waals surface area contributed by atoms with E-state index in [4.69, 9.17) is 10.5 Å². The molecule has 0 bridgehead atoms. The molecule has 2 aromatic rings. The summed E-state index contributed by atoms with van der Waals surface area (Å²) < 4.78 is 6.85. The van der Waals surface area contributed by atoms with E-state index in [0.717, 1.165) is 11.1 Å². The SMILES string of the molecule is COCCn1cc(-c2ccccc2)cc1C(N)=O. The van der Waals surface area contributed by atoms with Crippen LogP contribution in [0.25, 0.3) is 11.1 Å². The molecule has 4 heteroatoms. The van der Waals surface area contributed by atoms with Crippen LogP contribution in [0.2, 0.25) is 0 Å². The second-order valence-corrected chi connectivity index (χ2v) is 4.03. The number of aromatic nitrogens is 1. The van der Waals surface area contributed by atoms with E-state index < -0.39 is 5.91 Å². The quantitative estimate of drug-likeness (QED) is 0.873. The Bertz CT molecular complexity index is 532. The highest BCUT2D eigenvalue weighted by Gasteiger charge is 2.11. The fourth-order valence-corrected chi connectivity index (χ4v) is 1.88. The van der Waals surface area contributed by atoms with Gasteiger partial charge >= 0.3 is 0 Å². The second-order valence-electron chi connectivity index (χ2n) is 4.03. The minimum Gasteiger partial charge on any atom is -0.383 e. The lowest BCUT2D eigenvalue weighted by atomic mass is 10.1. The molecule has 0 fully saturated rings. The summed E-state index contributed by atoms with van der Waals surface area (Å²) in [5, 5.41) is 0. The van der Waals surface area contributed by atoms with Crippen molar-refractivity contribution in [2.24, 2.45) is 5.73 Å². The predicted molar refractivity (Wildman–Crippen MR) is 70.3 cm³/mol.